The fourth-order valence-electron chi connectivity index (χ4n) is 3.60. The molecule has 0 fully saturated rings. The number of H-pyrrole nitrogens is 1. The molecule has 1 aromatic carbocycles. The summed E-state index contributed by atoms with van der Waals surface area (Å²) in [5.74, 6) is 2.23. The molecule has 0 amide bonds. The van der Waals surface area contributed by atoms with E-state index in [0.29, 0.717) is 11.2 Å². The summed E-state index contributed by atoms with van der Waals surface area (Å²) in [5, 5.41) is 14.2. The van der Waals surface area contributed by atoms with Gasteiger partial charge in [0.1, 0.15) is 16.4 Å². The standard InChI is InChI=1S/C23H21N5O2S3/c1-4-28-20(14-7-9-15(30-3)10-8-14)26-27-23(28)33-13(2)19-24-21(29)18-16(12-32-22(18)25-19)17-6-5-11-31-17/h5-13H,4H2,1-3H3,(H,24,25,29). The molecule has 168 valence electrons. The second-order valence-electron chi connectivity index (χ2n) is 7.30. The summed E-state index contributed by atoms with van der Waals surface area (Å²) in [5.41, 5.74) is 1.81. The first-order valence-electron chi connectivity index (χ1n) is 10.4. The summed E-state index contributed by atoms with van der Waals surface area (Å²) in [7, 11) is 1.65. The molecule has 0 radical (unpaired) electrons. The number of hydrogen-bond donors (Lipinski definition) is 1. The van der Waals surface area contributed by atoms with E-state index in [1.165, 1.54) is 23.1 Å². The number of fused-ring (bicyclic) bond motifs is 1. The van der Waals surface area contributed by atoms with Gasteiger partial charge in [0.2, 0.25) is 0 Å². The van der Waals surface area contributed by atoms with E-state index in [9.17, 15) is 4.79 Å². The second kappa shape index (κ2) is 9.12. The van der Waals surface area contributed by atoms with Crippen LogP contribution in [0.1, 0.15) is 24.9 Å². The Hall–Kier alpha value is -2.95. The van der Waals surface area contributed by atoms with Crippen molar-refractivity contribution >= 4 is 44.7 Å². The highest BCUT2D eigenvalue weighted by Gasteiger charge is 2.20. The molecule has 0 saturated carbocycles. The topological polar surface area (TPSA) is 85.7 Å². The zero-order valence-electron chi connectivity index (χ0n) is 18.2. The van der Waals surface area contributed by atoms with E-state index in [1.807, 2.05) is 54.1 Å². The van der Waals surface area contributed by atoms with Crippen molar-refractivity contribution in [1.29, 1.82) is 0 Å². The van der Waals surface area contributed by atoms with Gasteiger partial charge in [0.25, 0.3) is 5.56 Å². The molecular weight excluding hydrogens is 474 g/mol. The quantitative estimate of drug-likeness (QED) is 0.285. The second-order valence-corrected chi connectivity index (χ2v) is 10.4. The molecule has 1 N–H and O–H groups in total. The molecule has 0 bridgehead atoms. The largest absolute Gasteiger partial charge is 0.497 e. The van der Waals surface area contributed by atoms with Gasteiger partial charge in [-0.25, -0.2) is 4.98 Å². The monoisotopic (exact) mass is 495 g/mol. The van der Waals surface area contributed by atoms with Gasteiger partial charge in [-0.2, -0.15) is 0 Å². The Balaban J connectivity index is 1.44. The molecule has 0 spiro atoms. The van der Waals surface area contributed by atoms with Crippen LogP contribution in [0.25, 0.3) is 32.0 Å². The molecule has 0 aliphatic heterocycles. The Labute approximate surface area is 202 Å². The highest BCUT2D eigenvalue weighted by molar-refractivity contribution is 7.99. The minimum absolute atomic E-state index is 0.104. The van der Waals surface area contributed by atoms with Crippen LogP contribution in [0.15, 0.2) is 57.1 Å². The van der Waals surface area contributed by atoms with Crippen molar-refractivity contribution < 1.29 is 4.74 Å². The van der Waals surface area contributed by atoms with Gasteiger partial charge in [-0.1, -0.05) is 17.8 Å². The van der Waals surface area contributed by atoms with Crippen LogP contribution in [0.3, 0.4) is 0 Å². The van der Waals surface area contributed by atoms with Crippen LogP contribution in [-0.2, 0) is 6.54 Å². The van der Waals surface area contributed by atoms with E-state index in [-0.39, 0.29) is 10.8 Å². The summed E-state index contributed by atoms with van der Waals surface area (Å²) in [6.07, 6.45) is 0. The third-order valence-corrected chi connectivity index (χ3v) is 8.16. The highest BCUT2D eigenvalue weighted by atomic mass is 32.2. The number of rotatable bonds is 7. The lowest BCUT2D eigenvalue weighted by molar-refractivity contribution is 0.415. The zero-order chi connectivity index (χ0) is 22.9. The van der Waals surface area contributed by atoms with Crippen molar-refractivity contribution in [2.45, 2.75) is 30.8 Å². The molecule has 4 heterocycles. The van der Waals surface area contributed by atoms with E-state index in [4.69, 9.17) is 9.72 Å². The minimum Gasteiger partial charge on any atom is -0.497 e. The van der Waals surface area contributed by atoms with Crippen LogP contribution in [0, 0.1) is 0 Å². The molecule has 4 aromatic heterocycles. The first-order chi connectivity index (χ1) is 16.1. The van der Waals surface area contributed by atoms with Crippen LogP contribution in [0.4, 0.5) is 0 Å². The van der Waals surface area contributed by atoms with Crippen LogP contribution >= 0.6 is 34.4 Å². The van der Waals surface area contributed by atoms with Gasteiger partial charge in [0.15, 0.2) is 11.0 Å². The van der Waals surface area contributed by atoms with Crippen LogP contribution < -0.4 is 10.3 Å². The van der Waals surface area contributed by atoms with Gasteiger partial charge in [0, 0.05) is 27.9 Å². The lowest BCUT2D eigenvalue weighted by Gasteiger charge is -2.12. The SMILES string of the molecule is CCn1c(SC(C)c2nc3scc(-c4cccs4)c3c(=O)[nH]2)nnc1-c1ccc(OC)cc1. The predicted octanol–water partition coefficient (Wildman–Crippen LogP) is 5.85. The molecule has 10 heteroatoms. The van der Waals surface area contributed by atoms with E-state index in [2.05, 4.69) is 26.7 Å². The molecular formula is C23H21N5O2S3. The maximum absolute atomic E-state index is 13.0. The molecule has 7 nitrogen and oxygen atoms in total. The fraction of sp³-hybridized carbons (Fsp3) is 0.217. The summed E-state index contributed by atoms with van der Waals surface area (Å²) < 4.78 is 7.32. The first-order valence-corrected chi connectivity index (χ1v) is 13.0. The number of thiophene rings is 2. The third-order valence-electron chi connectivity index (χ3n) is 5.30. The number of nitrogens with zero attached hydrogens (tertiary/aromatic N) is 4. The third kappa shape index (κ3) is 4.09. The van der Waals surface area contributed by atoms with Gasteiger partial charge in [-0.15, -0.1) is 32.9 Å². The predicted molar refractivity (Wildman–Crippen MR) is 136 cm³/mol. The number of benzene rings is 1. The van der Waals surface area contributed by atoms with Gasteiger partial charge in [0.05, 0.1) is 17.7 Å². The Morgan fingerprint density at radius 1 is 1.18 bits per heavy atom. The number of ether oxygens (including phenoxy) is 1. The van der Waals surface area contributed by atoms with Crippen LogP contribution in [0.5, 0.6) is 5.75 Å². The number of hydrogen-bond acceptors (Lipinski definition) is 8. The summed E-state index contributed by atoms with van der Waals surface area (Å²) in [6, 6.07) is 11.8. The van der Waals surface area contributed by atoms with Crippen molar-refractivity contribution in [1.82, 2.24) is 24.7 Å². The maximum atomic E-state index is 13.0. The van der Waals surface area contributed by atoms with E-state index < -0.39 is 0 Å². The molecule has 0 saturated heterocycles. The Morgan fingerprint density at radius 2 is 2.00 bits per heavy atom. The van der Waals surface area contributed by atoms with Crippen molar-refractivity contribution in [3.05, 3.63) is 63.3 Å². The zero-order valence-corrected chi connectivity index (χ0v) is 20.7. The number of nitrogens with one attached hydrogen (secondary N) is 1. The molecule has 0 aliphatic rings. The van der Waals surface area contributed by atoms with Gasteiger partial charge in [-0.3, -0.25) is 4.79 Å². The Kier molecular flexibility index (Phi) is 6.05. The molecule has 0 aliphatic carbocycles. The summed E-state index contributed by atoms with van der Waals surface area (Å²) in [4.78, 5) is 22.6. The average molecular weight is 496 g/mol. The smallest absolute Gasteiger partial charge is 0.260 e. The summed E-state index contributed by atoms with van der Waals surface area (Å²) in [6.45, 7) is 4.81. The van der Waals surface area contributed by atoms with E-state index in [1.54, 1.807) is 18.4 Å². The first kappa shape index (κ1) is 21.9. The molecule has 5 rings (SSSR count). The number of thioether (sulfide) groups is 1. The number of aromatic nitrogens is 5. The molecule has 1 unspecified atom stereocenters. The fourth-order valence-corrected chi connectivity index (χ4v) is 6.34. The maximum Gasteiger partial charge on any atom is 0.260 e. The lowest BCUT2D eigenvalue weighted by atomic mass is 10.2. The van der Waals surface area contributed by atoms with Crippen molar-refractivity contribution in [3.63, 3.8) is 0 Å². The van der Waals surface area contributed by atoms with Gasteiger partial charge >= 0.3 is 0 Å². The van der Waals surface area contributed by atoms with Crippen molar-refractivity contribution in [3.8, 4) is 27.6 Å². The number of methoxy groups -OCH3 is 1. The normalized spacial score (nSPS) is 12.3. The Bertz CT molecular complexity index is 1450. The van der Waals surface area contributed by atoms with Crippen LogP contribution in [-0.4, -0.2) is 31.8 Å². The Morgan fingerprint density at radius 3 is 2.70 bits per heavy atom. The van der Waals surface area contributed by atoms with E-state index in [0.717, 1.165) is 44.1 Å². The molecule has 33 heavy (non-hydrogen) atoms. The van der Waals surface area contributed by atoms with Crippen molar-refractivity contribution in [2.24, 2.45) is 0 Å². The van der Waals surface area contributed by atoms with Gasteiger partial charge in [-0.05, 0) is 49.6 Å². The van der Waals surface area contributed by atoms with Gasteiger partial charge < -0.3 is 14.3 Å². The molecule has 1 atom stereocenters. The van der Waals surface area contributed by atoms with E-state index >= 15 is 0 Å². The average Bonchev–Trinajstić information content (AvgIpc) is 3.58. The molecule has 5 aromatic rings. The minimum atomic E-state index is -0.108. The van der Waals surface area contributed by atoms with Crippen molar-refractivity contribution in [2.75, 3.05) is 7.11 Å². The summed E-state index contributed by atoms with van der Waals surface area (Å²) >= 11 is 4.65. The number of aromatic amines is 1. The van der Waals surface area contributed by atoms with Crippen LogP contribution in [0.2, 0.25) is 0 Å². The highest BCUT2D eigenvalue weighted by Crippen LogP contribution is 2.37. The lowest BCUT2D eigenvalue weighted by Crippen LogP contribution is -2.12.